The normalized spacial score (nSPS) is 16.4. The minimum Gasteiger partial charge on any atom is -0.373 e. The maximum Gasteiger partial charge on any atom is 0.256 e. The Morgan fingerprint density at radius 2 is 2.15 bits per heavy atom. The van der Waals surface area contributed by atoms with Crippen molar-refractivity contribution in [1.29, 1.82) is 0 Å². The number of rotatable bonds is 2. The summed E-state index contributed by atoms with van der Waals surface area (Å²) in [6.45, 7) is 2.12. The number of fused-ring (bicyclic) bond motifs is 3. The van der Waals surface area contributed by atoms with E-state index in [9.17, 15) is 14.0 Å². The fourth-order valence-electron chi connectivity index (χ4n) is 3.45. The number of aryl methyl sites for hydroxylation is 1. The molecule has 4 rings (SSSR count). The number of halogens is 2. The van der Waals surface area contributed by atoms with Gasteiger partial charge in [0.15, 0.2) is 0 Å². The number of nitrogens with zero attached hydrogens (tertiary/aromatic N) is 1. The maximum atomic E-state index is 14.3. The Bertz CT molecular complexity index is 1120. The minimum atomic E-state index is -0.429. The van der Waals surface area contributed by atoms with Crippen LogP contribution in [-0.4, -0.2) is 29.4 Å². The van der Waals surface area contributed by atoms with Crippen molar-refractivity contribution in [2.45, 2.75) is 19.6 Å². The molecule has 1 aromatic carbocycles. The van der Waals surface area contributed by atoms with Crippen LogP contribution in [-0.2, 0) is 11.3 Å². The highest BCUT2D eigenvalue weighted by atomic mass is 79.9. The Kier molecular flexibility index (Phi) is 4.65. The summed E-state index contributed by atoms with van der Waals surface area (Å²) >= 11 is 4.80. The van der Waals surface area contributed by atoms with Crippen molar-refractivity contribution >= 4 is 43.9 Å². The van der Waals surface area contributed by atoms with Crippen LogP contribution in [0.2, 0.25) is 0 Å². The van der Waals surface area contributed by atoms with Gasteiger partial charge >= 0.3 is 0 Å². The van der Waals surface area contributed by atoms with Crippen LogP contribution < -0.4 is 5.56 Å². The standard InChI is InChI=1S/C19H16BrFN2O3S/c1-9-3-12-11(5-13(9)21)17-14(22-18(12)24)6-26-7-15(17)23(2)19(25)10-4-16(20)27-8-10/h3-5,8,15H,6-7H2,1-2H3,(H,22,24). The summed E-state index contributed by atoms with van der Waals surface area (Å²) in [7, 11) is 1.69. The van der Waals surface area contributed by atoms with E-state index in [-0.39, 0.29) is 30.5 Å². The highest BCUT2D eigenvalue weighted by molar-refractivity contribution is 9.11. The second-order valence-electron chi connectivity index (χ2n) is 6.58. The van der Waals surface area contributed by atoms with Crippen molar-refractivity contribution in [2.24, 2.45) is 0 Å². The van der Waals surface area contributed by atoms with Gasteiger partial charge in [-0.3, -0.25) is 9.59 Å². The predicted molar refractivity (Wildman–Crippen MR) is 106 cm³/mol. The molecule has 1 unspecified atom stereocenters. The van der Waals surface area contributed by atoms with Crippen molar-refractivity contribution in [2.75, 3.05) is 13.7 Å². The first-order chi connectivity index (χ1) is 12.9. The molecule has 1 aliphatic heterocycles. The Morgan fingerprint density at radius 1 is 1.37 bits per heavy atom. The SMILES string of the molecule is Cc1cc2c(=O)[nH]c3c(c2cc1F)C(N(C)C(=O)c1csc(Br)c1)COC3. The van der Waals surface area contributed by atoms with Crippen molar-refractivity contribution < 1.29 is 13.9 Å². The molecule has 1 atom stereocenters. The molecule has 0 spiro atoms. The quantitative estimate of drug-likeness (QED) is 0.637. The number of nitrogens with one attached hydrogen (secondary N) is 1. The number of amides is 1. The molecule has 2 aromatic heterocycles. The number of aromatic amines is 1. The zero-order valence-corrected chi connectivity index (χ0v) is 17.0. The lowest BCUT2D eigenvalue weighted by Gasteiger charge is -2.33. The maximum absolute atomic E-state index is 14.3. The van der Waals surface area contributed by atoms with Crippen molar-refractivity contribution in [3.8, 4) is 0 Å². The van der Waals surface area contributed by atoms with Gasteiger partial charge in [-0.25, -0.2) is 4.39 Å². The highest BCUT2D eigenvalue weighted by Gasteiger charge is 2.31. The number of aromatic nitrogens is 1. The minimum absolute atomic E-state index is 0.162. The third-order valence-corrected chi connectivity index (χ3v) is 6.39. The molecule has 5 nitrogen and oxygen atoms in total. The summed E-state index contributed by atoms with van der Waals surface area (Å²) < 4.78 is 20.8. The second kappa shape index (κ2) is 6.85. The van der Waals surface area contributed by atoms with Crippen molar-refractivity contribution in [3.05, 3.63) is 65.9 Å². The molecule has 1 amide bonds. The molecule has 0 fully saturated rings. The van der Waals surface area contributed by atoms with Gasteiger partial charge in [0.25, 0.3) is 11.5 Å². The number of pyridine rings is 1. The van der Waals surface area contributed by atoms with E-state index in [0.717, 1.165) is 9.35 Å². The molecule has 8 heteroatoms. The predicted octanol–water partition coefficient (Wildman–Crippen LogP) is 4.14. The van der Waals surface area contributed by atoms with Crippen LogP contribution in [0.5, 0.6) is 0 Å². The molecule has 1 aliphatic rings. The first-order valence-corrected chi connectivity index (χ1v) is 9.98. The van der Waals surface area contributed by atoms with Crippen LogP contribution >= 0.6 is 27.3 Å². The molecular weight excluding hydrogens is 435 g/mol. The molecule has 0 saturated carbocycles. The van der Waals surface area contributed by atoms with E-state index >= 15 is 0 Å². The zero-order chi connectivity index (χ0) is 19.3. The molecule has 0 bridgehead atoms. The van der Waals surface area contributed by atoms with Gasteiger partial charge in [0.05, 0.1) is 28.6 Å². The number of carbonyl (C=O) groups is 1. The van der Waals surface area contributed by atoms with Gasteiger partial charge in [0.1, 0.15) is 5.82 Å². The number of ether oxygens (including phenoxy) is 1. The van der Waals surface area contributed by atoms with Crippen LogP contribution in [0.15, 0.2) is 32.2 Å². The number of benzene rings is 1. The topological polar surface area (TPSA) is 62.4 Å². The molecule has 140 valence electrons. The molecule has 0 saturated heterocycles. The molecule has 0 aliphatic carbocycles. The average molecular weight is 451 g/mol. The molecule has 3 heterocycles. The summed E-state index contributed by atoms with van der Waals surface area (Å²) in [6, 6.07) is 4.27. The number of hydrogen-bond acceptors (Lipinski definition) is 4. The largest absolute Gasteiger partial charge is 0.373 e. The first kappa shape index (κ1) is 18.3. The Morgan fingerprint density at radius 3 is 2.85 bits per heavy atom. The number of H-pyrrole nitrogens is 1. The Hall–Kier alpha value is -2.03. The van der Waals surface area contributed by atoms with Gasteiger partial charge in [0, 0.05) is 29.1 Å². The Labute approximate surface area is 166 Å². The molecule has 3 aromatic rings. The highest BCUT2D eigenvalue weighted by Crippen LogP contribution is 2.34. The summed E-state index contributed by atoms with van der Waals surface area (Å²) in [5.41, 5.74) is 2.01. The smallest absolute Gasteiger partial charge is 0.256 e. The van der Waals surface area contributed by atoms with Gasteiger partial charge in [-0.15, -0.1) is 11.3 Å². The first-order valence-electron chi connectivity index (χ1n) is 8.30. The van der Waals surface area contributed by atoms with E-state index in [1.54, 1.807) is 36.4 Å². The van der Waals surface area contributed by atoms with Crippen LogP contribution in [0.25, 0.3) is 10.8 Å². The van der Waals surface area contributed by atoms with E-state index in [1.807, 2.05) is 0 Å². The van der Waals surface area contributed by atoms with E-state index in [4.69, 9.17) is 4.74 Å². The van der Waals surface area contributed by atoms with E-state index in [1.165, 1.54) is 17.4 Å². The van der Waals surface area contributed by atoms with Gasteiger partial charge < -0.3 is 14.6 Å². The molecular formula is C19H16BrFN2O3S. The van der Waals surface area contributed by atoms with E-state index < -0.39 is 6.04 Å². The number of thiophene rings is 1. The van der Waals surface area contributed by atoms with Gasteiger partial charge in [-0.1, -0.05) is 0 Å². The summed E-state index contributed by atoms with van der Waals surface area (Å²) in [4.78, 5) is 29.8. The fourth-order valence-corrected chi connectivity index (χ4v) is 4.58. The summed E-state index contributed by atoms with van der Waals surface area (Å²) in [5, 5.41) is 2.72. The monoisotopic (exact) mass is 450 g/mol. The third kappa shape index (κ3) is 3.11. The lowest BCUT2D eigenvalue weighted by molar-refractivity contribution is 0.0336. The van der Waals surface area contributed by atoms with Gasteiger partial charge in [-0.05, 0) is 52.0 Å². The fraction of sp³-hybridized carbons (Fsp3) is 0.263. The number of carbonyl (C=O) groups excluding carboxylic acids is 1. The number of hydrogen-bond donors (Lipinski definition) is 1. The van der Waals surface area contributed by atoms with Crippen LogP contribution in [0.4, 0.5) is 4.39 Å². The Balaban J connectivity index is 1.87. The van der Waals surface area contributed by atoms with Crippen LogP contribution in [0.3, 0.4) is 0 Å². The van der Waals surface area contributed by atoms with Gasteiger partial charge in [-0.2, -0.15) is 0 Å². The second-order valence-corrected chi connectivity index (χ2v) is 8.87. The number of likely N-dealkylation sites (N-methyl/N-ethyl adjacent to an activating group) is 1. The lowest BCUT2D eigenvalue weighted by atomic mass is 9.94. The zero-order valence-electron chi connectivity index (χ0n) is 14.6. The molecule has 1 N–H and O–H groups in total. The third-order valence-electron chi connectivity index (χ3n) is 4.88. The van der Waals surface area contributed by atoms with E-state index in [2.05, 4.69) is 20.9 Å². The average Bonchev–Trinajstić information content (AvgIpc) is 3.08. The molecule has 0 radical (unpaired) electrons. The van der Waals surface area contributed by atoms with Crippen LogP contribution in [0, 0.1) is 12.7 Å². The lowest BCUT2D eigenvalue weighted by Crippen LogP contribution is -2.37. The van der Waals surface area contributed by atoms with Crippen molar-refractivity contribution in [1.82, 2.24) is 9.88 Å². The van der Waals surface area contributed by atoms with Crippen molar-refractivity contribution in [3.63, 3.8) is 0 Å². The van der Waals surface area contributed by atoms with Gasteiger partial charge in [0.2, 0.25) is 0 Å². The molecule has 27 heavy (non-hydrogen) atoms. The summed E-state index contributed by atoms with van der Waals surface area (Å²) in [6.07, 6.45) is 0. The van der Waals surface area contributed by atoms with E-state index in [0.29, 0.717) is 27.6 Å². The van der Waals surface area contributed by atoms with Crippen LogP contribution in [0.1, 0.15) is 33.2 Å². The summed E-state index contributed by atoms with van der Waals surface area (Å²) in [5.74, 6) is -0.540.